The summed E-state index contributed by atoms with van der Waals surface area (Å²) in [5.74, 6) is 0.337. The molecule has 140 valence electrons. The van der Waals surface area contributed by atoms with Crippen molar-refractivity contribution >= 4 is 5.97 Å². The summed E-state index contributed by atoms with van der Waals surface area (Å²) in [4.78, 5) is 14.4. The highest BCUT2D eigenvalue weighted by Gasteiger charge is 2.44. The third kappa shape index (κ3) is 3.60. The molecule has 0 aliphatic carbocycles. The number of aromatic nitrogens is 2. The summed E-state index contributed by atoms with van der Waals surface area (Å²) in [6.45, 7) is 6.37. The number of aliphatic carboxylic acids is 1. The van der Waals surface area contributed by atoms with Crippen LogP contribution in [0.4, 0.5) is 0 Å². The van der Waals surface area contributed by atoms with Gasteiger partial charge in [0.2, 0.25) is 0 Å². The number of benzene rings is 1. The van der Waals surface area contributed by atoms with Crippen LogP contribution in [0.2, 0.25) is 0 Å². The molecule has 0 amide bonds. The summed E-state index contributed by atoms with van der Waals surface area (Å²) in [7, 11) is 1.66. The number of hydrogen-bond donors (Lipinski definition) is 1. The topological polar surface area (TPSA) is 67.6 Å². The van der Waals surface area contributed by atoms with Crippen LogP contribution in [-0.4, -0.2) is 46.0 Å². The van der Waals surface area contributed by atoms with Crippen molar-refractivity contribution in [2.45, 2.75) is 44.7 Å². The average molecular weight is 357 g/mol. The van der Waals surface area contributed by atoms with Gasteiger partial charge >= 0.3 is 5.97 Å². The average Bonchev–Trinajstić information content (AvgIpc) is 3.13. The third-order valence-electron chi connectivity index (χ3n) is 5.26. The Morgan fingerprint density at radius 1 is 1.31 bits per heavy atom. The number of ether oxygens (including phenoxy) is 1. The van der Waals surface area contributed by atoms with E-state index in [0.717, 1.165) is 31.1 Å². The monoisotopic (exact) mass is 357 g/mol. The van der Waals surface area contributed by atoms with Crippen molar-refractivity contribution in [2.75, 3.05) is 20.2 Å². The highest BCUT2D eigenvalue weighted by molar-refractivity contribution is 5.76. The first-order valence-electron chi connectivity index (χ1n) is 9.09. The number of carbonyl (C=O) groups is 1. The molecule has 26 heavy (non-hydrogen) atoms. The number of likely N-dealkylation sites (tertiary alicyclic amines) is 1. The first kappa shape index (κ1) is 18.5. The van der Waals surface area contributed by atoms with Gasteiger partial charge in [-0.3, -0.25) is 9.58 Å². The maximum atomic E-state index is 12.1. The van der Waals surface area contributed by atoms with Crippen molar-refractivity contribution in [3.63, 3.8) is 0 Å². The number of hydrogen-bond acceptors (Lipinski definition) is 4. The largest absolute Gasteiger partial charge is 0.497 e. The third-order valence-corrected chi connectivity index (χ3v) is 5.26. The molecule has 6 nitrogen and oxygen atoms in total. The van der Waals surface area contributed by atoms with E-state index in [9.17, 15) is 9.90 Å². The van der Waals surface area contributed by atoms with E-state index in [-0.39, 0.29) is 5.92 Å². The van der Waals surface area contributed by atoms with Crippen LogP contribution >= 0.6 is 0 Å². The van der Waals surface area contributed by atoms with E-state index in [4.69, 9.17) is 4.74 Å². The molecule has 0 atom stereocenters. The predicted octanol–water partition coefficient (Wildman–Crippen LogP) is 3.09. The minimum Gasteiger partial charge on any atom is -0.497 e. The van der Waals surface area contributed by atoms with Crippen molar-refractivity contribution in [3.8, 4) is 5.75 Å². The zero-order chi connectivity index (χ0) is 18.7. The zero-order valence-electron chi connectivity index (χ0n) is 15.7. The van der Waals surface area contributed by atoms with Crippen LogP contribution in [0, 0.1) is 0 Å². The molecule has 0 bridgehead atoms. The lowest BCUT2D eigenvalue weighted by atomic mass is 9.87. The Hall–Kier alpha value is -2.34. The van der Waals surface area contributed by atoms with Gasteiger partial charge in [0.25, 0.3) is 0 Å². The number of rotatable bonds is 6. The maximum absolute atomic E-state index is 12.1. The van der Waals surface area contributed by atoms with E-state index in [0.29, 0.717) is 12.8 Å². The smallest absolute Gasteiger partial charge is 0.331 e. The Labute approximate surface area is 154 Å². The van der Waals surface area contributed by atoms with Gasteiger partial charge in [0.1, 0.15) is 5.75 Å². The summed E-state index contributed by atoms with van der Waals surface area (Å²) in [6, 6.07) is 9.94. The normalized spacial score (nSPS) is 17.4. The Bertz CT molecular complexity index is 761. The van der Waals surface area contributed by atoms with Crippen LogP contribution in [0.1, 0.15) is 43.9 Å². The summed E-state index contributed by atoms with van der Waals surface area (Å²) >= 11 is 0. The van der Waals surface area contributed by atoms with Crippen molar-refractivity contribution < 1.29 is 14.6 Å². The summed E-state index contributed by atoms with van der Waals surface area (Å²) < 4.78 is 6.95. The van der Waals surface area contributed by atoms with E-state index in [2.05, 4.69) is 29.9 Å². The van der Waals surface area contributed by atoms with Crippen LogP contribution < -0.4 is 4.74 Å². The molecule has 1 aliphatic heterocycles. The molecule has 1 aliphatic rings. The fraction of sp³-hybridized carbons (Fsp3) is 0.500. The zero-order valence-corrected chi connectivity index (χ0v) is 15.7. The second-order valence-corrected chi connectivity index (χ2v) is 7.30. The van der Waals surface area contributed by atoms with Crippen molar-refractivity contribution in [1.29, 1.82) is 0 Å². The predicted molar refractivity (Wildman–Crippen MR) is 99.4 cm³/mol. The molecule has 1 fully saturated rings. The molecule has 6 heteroatoms. The number of methoxy groups -OCH3 is 1. The Kier molecular flexibility index (Phi) is 5.32. The van der Waals surface area contributed by atoms with Gasteiger partial charge in [-0.15, -0.1) is 0 Å². The Morgan fingerprint density at radius 2 is 2.04 bits per heavy atom. The van der Waals surface area contributed by atoms with Gasteiger partial charge < -0.3 is 9.84 Å². The Morgan fingerprint density at radius 3 is 2.62 bits per heavy atom. The number of carboxylic acids is 1. The van der Waals surface area contributed by atoms with E-state index in [1.807, 2.05) is 30.5 Å². The SMILES string of the molecule is COc1cccc(CN2CCC(C(=O)O)(n3ccc(C(C)C)n3)CC2)c1. The first-order valence-corrected chi connectivity index (χ1v) is 9.09. The molecule has 1 saturated heterocycles. The van der Waals surface area contributed by atoms with Crippen molar-refractivity contribution in [1.82, 2.24) is 14.7 Å². The molecule has 2 aromatic rings. The molecule has 1 aromatic carbocycles. The summed E-state index contributed by atoms with van der Waals surface area (Å²) in [5.41, 5.74) is 1.16. The molecule has 0 radical (unpaired) electrons. The van der Waals surface area contributed by atoms with Crippen LogP contribution in [0.25, 0.3) is 0 Å². The van der Waals surface area contributed by atoms with Gasteiger partial charge in [-0.25, -0.2) is 4.79 Å². The lowest BCUT2D eigenvalue weighted by Gasteiger charge is -2.39. The summed E-state index contributed by atoms with van der Waals surface area (Å²) in [6.07, 6.45) is 2.91. The second kappa shape index (κ2) is 7.50. The highest BCUT2D eigenvalue weighted by atomic mass is 16.5. The van der Waals surface area contributed by atoms with Gasteiger partial charge in [-0.2, -0.15) is 5.10 Å². The van der Waals surface area contributed by atoms with Crippen molar-refractivity contribution in [2.24, 2.45) is 0 Å². The molecular formula is C20H27N3O3. The fourth-order valence-electron chi connectivity index (χ4n) is 3.54. The lowest BCUT2D eigenvalue weighted by molar-refractivity contribution is -0.151. The fourth-order valence-corrected chi connectivity index (χ4v) is 3.54. The molecular weight excluding hydrogens is 330 g/mol. The molecule has 0 unspecified atom stereocenters. The van der Waals surface area contributed by atoms with Gasteiger partial charge in [-0.05, 0) is 42.5 Å². The van der Waals surface area contributed by atoms with Crippen LogP contribution in [0.5, 0.6) is 5.75 Å². The van der Waals surface area contributed by atoms with E-state index in [1.54, 1.807) is 11.8 Å². The number of piperidine rings is 1. The van der Waals surface area contributed by atoms with Crippen LogP contribution in [-0.2, 0) is 16.9 Å². The molecule has 0 spiro atoms. The molecule has 2 heterocycles. The minimum absolute atomic E-state index is 0.287. The van der Waals surface area contributed by atoms with E-state index >= 15 is 0 Å². The van der Waals surface area contributed by atoms with Crippen LogP contribution in [0.15, 0.2) is 36.5 Å². The van der Waals surface area contributed by atoms with Gasteiger partial charge in [-0.1, -0.05) is 26.0 Å². The maximum Gasteiger partial charge on any atom is 0.331 e. The minimum atomic E-state index is -0.946. The Balaban J connectivity index is 1.71. The molecule has 1 N–H and O–H groups in total. The molecule has 3 rings (SSSR count). The first-order chi connectivity index (χ1) is 12.4. The van der Waals surface area contributed by atoms with E-state index < -0.39 is 11.5 Å². The standard InChI is InChI=1S/C20H27N3O3/c1-15(2)18-7-10-23(21-18)20(19(24)25)8-11-22(12-9-20)14-16-5-4-6-17(13-16)26-3/h4-7,10,13,15H,8-9,11-12,14H2,1-3H3,(H,24,25). The van der Waals surface area contributed by atoms with Crippen molar-refractivity contribution in [3.05, 3.63) is 47.8 Å². The van der Waals surface area contributed by atoms with Crippen LogP contribution in [0.3, 0.4) is 0 Å². The quantitative estimate of drug-likeness (QED) is 0.860. The van der Waals surface area contributed by atoms with E-state index in [1.165, 1.54) is 5.56 Å². The van der Waals surface area contributed by atoms with Gasteiger partial charge in [0, 0.05) is 25.8 Å². The van der Waals surface area contributed by atoms with Gasteiger partial charge in [0.05, 0.1) is 12.8 Å². The summed E-state index contributed by atoms with van der Waals surface area (Å²) in [5, 5.41) is 14.5. The lowest BCUT2D eigenvalue weighted by Crippen LogP contribution is -2.51. The number of carboxylic acid groups (broad SMARTS) is 1. The number of nitrogens with zero attached hydrogens (tertiary/aromatic N) is 3. The van der Waals surface area contributed by atoms with Gasteiger partial charge in [0.15, 0.2) is 5.54 Å². The highest BCUT2D eigenvalue weighted by Crippen LogP contribution is 2.32. The molecule has 0 saturated carbocycles. The molecule has 1 aromatic heterocycles. The second-order valence-electron chi connectivity index (χ2n) is 7.30.